The summed E-state index contributed by atoms with van der Waals surface area (Å²) in [6.45, 7) is 0. The Morgan fingerprint density at radius 1 is 0.897 bits per heavy atom. The molecule has 0 aliphatic rings. The van der Waals surface area contributed by atoms with E-state index in [0.29, 0.717) is 5.75 Å². The van der Waals surface area contributed by atoms with Crippen LogP contribution in [-0.2, 0) is 6.18 Å². The summed E-state index contributed by atoms with van der Waals surface area (Å²) < 4.78 is 63.6. The lowest BCUT2D eigenvalue weighted by atomic mass is 10.1. The molecule has 0 unspecified atom stereocenters. The van der Waals surface area contributed by atoms with Gasteiger partial charge in [0.05, 0.1) is 7.11 Å². The molecule has 150 valence electrons. The fourth-order valence-electron chi connectivity index (χ4n) is 2.49. The number of benzene rings is 3. The van der Waals surface area contributed by atoms with Gasteiger partial charge < -0.3 is 14.8 Å². The Morgan fingerprint density at radius 2 is 1.52 bits per heavy atom. The van der Waals surface area contributed by atoms with Gasteiger partial charge >= 0.3 is 6.18 Å². The van der Waals surface area contributed by atoms with Gasteiger partial charge in [0, 0.05) is 11.3 Å². The van der Waals surface area contributed by atoms with Crippen molar-refractivity contribution in [3.8, 4) is 17.2 Å². The standard InChI is InChI=1S/C21H15F4NO3/c1-28-16-7-2-13(3-8-16)20(27)26-15-6-11-19(18(12-15)21(23,24)25)29-17-9-4-14(22)5-10-17/h2-12H,1H3,(H,26,27). The van der Waals surface area contributed by atoms with Crippen LogP contribution in [0, 0.1) is 5.82 Å². The predicted molar refractivity (Wildman–Crippen MR) is 98.9 cm³/mol. The third-order valence-electron chi connectivity index (χ3n) is 3.94. The monoisotopic (exact) mass is 405 g/mol. The van der Waals surface area contributed by atoms with Crippen LogP contribution in [0.2, 0.25) is 0 Å². The van der Waals surface area contributed by atoms with Gasteiger partial charge in [-0.2, -0.15) is 13.2 Å². The van der Waals surface area contributed by atoms with Gasteiger partial charge in [-0.25, -0.2) is 4.39 Å². The highest BCUT2D eigenvalue weighted by molar-refractivity contribution is 6.04. The Morgan fingerprint density at radius 3 is 2.10 bits per heavy atom. The minimum absolute atomic E-state index is 0.0481. The molecule has 3 rings (SSSR count). The van der Waals surface area contributed by atoms with Gasteiger partial charge in [-0.05, 0) is 66.7 Å². The van der Waals surface area contributed by atoms with Crippen molar-refractivity contribution in [3.05, 3.63) is 83.7 Å². The van der Waals surface area contributed by atoms with E-state index in [4.69, 9.17) is 9.47 Å². The predicted octanol–water partition coefficient (Wildman–Crippen LogP) is 5.90. The van der Waals surface area contributed by atoms with Crippen LogP contribution in [0.1, 0.15) is 15.9 Å². The Balaban J connectivity index is 1.84. The highest BCUT2D eigenvalue weighted by atomic mass is 19.4. The molecule has 0 aliphatic carbocycles. The molecule has 1 N–H and O–H groups in total. The molecule has 0 atom stereocenters. The summed E-state index contributed by atoms with van der Waals surface area (Å²) in [6.07, 6.45) is -4.73. The topological polar surface area (TPSA) is 47.6 Å². The number of hydrogen-bond donors (Lipinski definition) is 1. The molecule has 3 aromatic rings. The molecule has 0 radical (unpaired) electrons. The summed E-state index contributed by atoms with van der Waals surface area (Å²) >= 11 is 0. The Kier molecular flexibility index (Phi) is 5.72. The molecule has 0 aromatic heterocycles. The largest absolute Gasteiger partial charge is 0.497 e. The summed E-state index contributed by atoms with van der Waals surface area (Å²) in [6, 6.07) is 13.9. The highest BCUT2D eigenvalue weighted by Gasteiger charge is 2.35. The van der Waals surface area contributed by atoms with Gasteiger partial charge in [0.1, 0.15) is 28.6 Å². The van der Waals surface area contributed by atoms with Gasteiger partial charge in [-0.1, -0.05) is 0 Å². The number of anilines is 1. The Labute approximate surface area is 163 Å². The van der Waals surface area contributed by atoms with E-state index < -0.39 is 29.2 Å². The van der Waals surface area contributed by atoms with Gasteiger partial charge in [0.25, 0.3) is 5.91 Å². The maximum absolute atomic E-state index is 13.5. The molecular weight excluding hydrogens is 390 g/mol. The first kappa shape index (κ1) is 20.2. The van der Waals surface area contributed by atoms with Gasteiger partial charge in [0.15, 0.2) is 0 Å². The average molecular weight is 405 g/mol. The maximum atomic E-state index is 13.5. The first-order valence-electron chi connectivity index (χ1n) is 8.36. The zero-order chi connectivity index (χ0) is 21.0. The number of methoxy groups -OCH3 is 1. The molecule has 0 heterocycles. The van der Waals surface area contributed by atoms with Crippen molar-refractivity contribution in [2.75, 3.05) is 12.4 Å². The second-order valence-corrected chi connectivity index (χ2v) is 5.95. The summed E-state index contributed by atoms with van der Waals surface area (Å²) in [4.78, 5) is 12.3. The maximum Gasteiger partial charge on any atom is 0.420 e. The van der Waals surface area contributed by atoms with Gasteiger partial charge in [-0.15, -0.1) is 0 Å². The Bertz CT molecular complexity index is 1000. The van der Waals surface area contributed by atoms with E-state index in [0.717, 1.165) is 24.3 Å². The number of rotatable bonds is 5. The van der Waals surface area contributed by atoms with Crippen LogP contribution >= 0.6 is 0 Å². The number of halogens is 4. The smallest absolute Gasteiger partial charge is 0.420 e. The van der Waals surface area contributed by atoms with E-state index in [-0.39, 0.29) is 17.0 Å². The molecule has 1 amide bonds. The van der Waals surface area contributed by atoms with Gasteiger partial charge in [0.2, 0.25) is 0 Å². The van der Waals surface area contributed by atoms with Crippen LogP contribution in [0.4, 0.5) is 23.2 Å². The summed E-state index contributed by atoms with van der Waals surface area (Å²) in [5, 5.41) is 2.42. The van der Waals surface area contributed by atoms with Crippen molar-refractivity contribution in [2.24, 2.45) is 0 Å². The van der Waals surface area contributed by atoms with E-state index in [2.05, 4.69) is 5.32 Å². The minimum atomic E-state index is -4.73. The lowest BCUT2D eigenvalue weighted by Gasteiger charge is -2.16. The van der Waals surface area contributed by atoms with Crippen LogP contribution in [0.15, 0.2) is 66.7 Å². The van der Waals surface area contributed by atoms with Crippen LogP contribution in [-0.4, -0.2) is 13.0 Å². The number of nitrogens with one attached hydrogen (secondary N) is 1. The van der Waals surface area contributed by atoms with Crippen molar-refractivity contribution in [1.29, 1.82) is 0 Å². The van der Waals surface area contributed by atoms with E-state index in [1.165, 1.54) is 37.4 Å². The van der Waals surface area contributed by atoms with Crippen molar-refractivity contribution in [3.63, 3.8) is 0 Å². The van der Waals surface area contributed by atoms with E-state index in [1.807, 2.05) is 0 Å². The molecule has 3 aromatic carbocycles. The second-order valence-electron chi connectivity index (χ2n) is 5.95. The van der Waals surface area contributed by atoms with E-state index >= 15 is 0 Å². The molecular formula is C21H15F4NO3. The zero-order valence-electron chi connectivity index (χ0n) is 15.1. The summed E-state index contributed by atoms with van der Waals surface area (Å²) in [5.74, 6) is -0.986. The lowest BCUT2D eigenvalue weighted by Crippen LogP contribution is -2.13. The highest BCUT2D eigenvalue weighted by Crippen LogP contribution is 2.39. The van der Waals surface area contributed by atoms with Crippen molar-refractivity contribution in [1.82, 2.24) is 0 Å². The number of carbonyl (C=O) groups is 1. The van der Waals surface area contributed by atoms with Crippen molar-refractivity contribution >= 4 is 11.6 Å². The fourth-order valence-corrected chi connectivity index (χ4v) is 2.49. The van der Waals surface area contributed by atoms with Crippen LogP contribution in [0.25, 0.3) is 0 Å². The first-order chi connectivity index (χ1) is 13.8. The third-order valence-corrected chi connectivity index (χ3v) is 3.94. The van der Waals surface area contributed by atoms with Crippen LogP contribution in [0.5, 0.6) is 17.2 Å². The number of ether oxygens (including phenoxy) is 2. The SMILES string of the molecule is COc1ccc(C(=O)Nc2ccc(Oc3ccc(F)cc3)c(C(F)(F)F)c2)cc1. The molecule has 0 saturated carbocycles. The molecule has 0 saturated heterocycles. The van der Waals surface area contributed by atoms with Crippen molar-refractivity contribution < 1.29 is 31.8 Å². The second kappa shape index (κ2) is 8.22. The number of alkyl halides is 3. The van der Waals surface area contributed by atoms with Gasteiger partial charge in [-0.3, -0.25) is 4.79 Å². The summed E-state index contributed by atoms with van der Waals surface area (Å²) in [5.41, 5.74) is -0.870. The lowest BCUT2D eigenvalue weighted by molar-refractivity contribution is -0.138. The molecule has 4 nitrogen and oxygen atoms in total. The third kappa shape index (κ3) is 5.04. The zero-order valence-corrected chi connectivity index (χ0v) is 15.1. The van der Waals surface area contributed by atoms with E-state index in [9.17, 15) is 22.4 Å². The number of amides is 1. The van der Waals surface area contributed by atoms with E-state index in [1.54, 1.807) is 12.1 Å². The number of carbonyl (C=O) groups excluding carboxylic acids is 1. The average Bonchev–Trinajstić information content (AvgIpc) is 2.70. The molecule has 8 heteroatoms. The number of hydrogen-bond acceptors (Lipinski definition) is 3. The molecule has 29 heavy (non-hydrogen) atoms. The summed E-state index contributed by atoms with van der Waals surface area (Å²) in [7, 11) is 1.48. The Hall–Kier alpha value is -3.55. The fraction of sp³-hybridized carbons (Fsp3) is 0.0952. The minimum Gasteiger partial charge on any atom is -0.497 e. The molecule has 0 aliphatic heterocycles. The molecule has 0 bridgehead atoms. The normalized spacial score (nSPS) is 11.1. The molecule has 0 spiro atoms. The van der Waals surface area contributed by atoms with Crippen molar-refractivity contribution in [2.45, 2.75) is 6.18 Å². The first-order valence-corrected chi connectivity index (χ1v) is 8.36. The van der Waals surface area contributed by atoms with Crippen LogP contribution in [0.3, 0.4) is 0 Å². The quantitative estimate of drug-likeness (QED) is 0.538. The molecule has 0 fully saturated rings. The van der Waals surface area contributed by atoms with Crippen LogP contribution < -0.4 is 14.8 Å².